The molecule has 1 aromatic carbocycles. The van der Waals surface area contributed by atoms with Crippen LogP contribution in [0.25, 0.3) is 0 Å². The molecule has 92 valence electrons. The molecule has 0 bridgehead atoms. The number of nitrogens with one attached hydrogen (secondary N) is 1. The summed E-state index contributed by atoms with van der Waals surface area (Å²) in [6, 6.07) is 5.98. The lowest BCUT2D eigenvalue weighted by Gasteiger charge is -2.37. The van der Waals surface area contributed by atoms with Gasteiger partial charge in [0.15, 0.2) is 0 Å². The largest absolute Gasteiger partial charge is 0.399 e. The van der Waals surface area contributed by atoms with Crippen LogP contribution in [-0.4, -0.2) is 26.0 Å². The molecule has 1 amide bonds. The quantitative estimate of drug-likeness (QED) is 0.780. The number of anilines is 2. The number of carbonyl (C=O) groups is 1. The van der Waals surface area contributed by atoms with Gasteiger partial charge in [-0.25, -0.2) is 0 Å². The lowest BCUT2D eigenvalue weighted by Crippen LogP contribution is -2.38. The monoisotopic (exact) mass is 233 g/mol. The standard InChI is InChI=1S/C13H19N3O/c1-15-13(17)11-7-6-9(14)8-12(11)16(2)10-4-3-5-10/h6-8,10H,3-5,14H2,1-2H3,(H,15,17). The first-order chi connectivity index (χ1) is 8.13. The van der Waals surface area contributed by atoms with Gasteiger partial charge in [-0.2, -0.15) is 0 Å². The van der Waals surface area contributed by atoms with E-state index in [4.69, 9.17) is 5.73 Å². The minimum Gasteiger partial charge on any atom is -0.399 e. The van der Waals surface area contributed by atoms with Crippen molar-refractivity contribution in [1.29, 1.82) is 0 Å². The molecule has 3 N–H and O–H groups in total. The number of rotatable bonds is 3. The molecule has 17 heavy (non-hydrogen) atoms. The van der Waals surface area contributed by atoms with Gasteiger partial charge in [-0.3, -0.25) is 4.79 Å². The fraction of sp³-hybridized carbons (Fsp3) is 0.462. The molecule has 4 heteroatoms. The minimum atomic E-state index is -0.0637. The fourth-order valence-corrected chi connectivity index (χ4v) is 2.14. The maximum Gasteiger partial charge on any atom is 0.253 e. The van der Waals surface area contributed by atoms with Crippen molar-refractivity contribution in [3.63, 3.8) is 0 Å². The smallest absolute Gasteiger partial charge is 0.253 e. The molecule has 0 unspecified atom stereocenters. The zero-order valence-corrected chi connectivity index (χ0v) is 10.4. The summed E-state index contributed by atoms with van der Waals surface area (Å²) in [7, 11) is 3.68. The summed E-state index contributed by atoms with van der Waals surface area (Å²) in [5, 5.41) is 2.66. The van der Waals surface area contributed by atoms with Crippen molar-refractivity contribution >= 4 is 17.3 Å². The van der Waals surface area contributed by atoms with Gasteiger partial charge < -0.3 is 16.0 Å². The van der Waals surface area contributed by atoms with Crippen LogP contribution in [0.4, 0.5) is 11.4 Å². The van der Waals surface area contributed by atoms with E-state index < -0.39 is 0 Å². The van der Waals surface area contributed by atoms with Crippen LogP contribution in [0.3, 0.4) is 0 Å². The highest BCUT2D eigenvalue weighted by atomic mass is 16.1. The molecule has 0 spiro atoms. The zero-order chi connectivity index (χ0) is 12.4. The summed E-state index contributed by atoms with van der Waals surface area (Å²) in [6.07, 6.45) is 3.66. The Bertz CT molecular complexity index is 427. The van der Waals surface area contributed by atoms with Crippen molar-refractivity contribution in [1.82, 2.24) is 5.32 Å². The summed E-state index contributed by atoms with van der Waals surface area (Å²) in [5.41, 5.74) is 8.12. The van der Waals surface area contributed by atoms with E-state index in [1.165, 1.54) is 19.3 Å². The third kappa shape index (κ3) is 2.20. The first-order valence-corrected chi connectivity index (χ1v) is 5.98. The molecule has 0 saturated heterocycles. The van der Waals surface area contributed by atoms with Crippen LogP contribution >= 0.6 is 0 Å². The highest BCUT2D eigenvalue weighted by molar-refractivity contribution is 6.00. The van der Waals surface area contributed by atoms with Crippen molar-refractivity contribution in [2.45, 2.75) is 25.3 Å². The van der Waals surface area contributed by atoms with Crippen LogP contribution in [0.15, 0.2) is 18.2 Å². The van der Waals surface area contributed by atoms with E-state index in [1.807, 2.05) is 13.1 Å². The topological polar surface area (TPSA) is 58.4 Å². The van der Waals surface area contributed by atoms with E-state index in [1.54, 1.807) is 19.2 Å². The Kier molecular flexibility index (Phi) is 3.22. The molecule has 0 aliphatic heterocycles. The average Bonchev–Trinajstić information content (AvgIpc) is 2.25. The molecule has 0 aromatic heterocycles. The first kappa shape index (κ1) is 11.8. The van der Waals surface area contributed by atoms with Gasteiger partial charge in [0.1, 0.15) is 0 Å². The summed E-state index contributed by atoms with van der Waals surface area (Å²) >= 11 is 0. The summed E-state index contributed by atoms with van der Waals surface area (Å²) in [5.74, 6) is -0.0637. The van der Waals surface area contributed by atoms with Gasteiger partial charge in [-0.05, 0) is 37.5 Å². The number of hydrogen-bond acceptors (Lipinski definition) is 3. The first-order valence-electron chi connectivity index (χ1n) is 5.98. The summed E-state index contributed by atoms with van der Waals surface area (Å²) < 4.78 is 0. The molecule has 0 radical (unpaired) electrons. The number of benzene rings is 1. The van der Waals surface area contributed by atoms with Gasteiger partial charge in [-0.1, -0.05) is 0 Å². The Labute approximate surface area is 102 Å². The van der Waals surface area contributed by atoms with E-state index >= 15 is 0 Å². The number of nitrogen functional groups attached to an aromatic ring is 1. The van der Waals surface area contributed by atoms with Crippen molar-refractivity contribution < 1.29 is 4.79 Å². The maximum absolute atomic E-state index is 11.8. The second-order valence-corrected chi connectivity index (χ2v) is 4.55. The van der Waals surface area contributed by atoms with Gasteiger partial charge >= 0.3 is 0 Å². The highest BCUT2D eigenvalue weighted by Crippen LogP contribution is 2.31. The van der Waals surface area contributed by atoms with Crippen LogP contribution < -0.4 is 16.0 Å². The average molecular weight is 233 g/mol. The van der Waals surface area contributed by atoms with Gasteiger partial charge in [0.2, 0.25) is 0 Å². The van der Waals surface area contributed by atoms with Crippen LogP contribution in [0.5, 0.6) is 0 Å². The normalized spacial score (nSPS) is 15.2. The van der Waals surface area contributed by atoms with Gasteiger partial charge in [0.05, 0.1) is 11.3 Å². The zero-order valence-electron chi connectivity index (χ0n) is 10.4. The molecule has 0 heterocycles. The van der Waals surface area contributed by atoms with Crippen molar-refractivity contribution in [3.8, 4) is 0 Å². The molecular weight excluding hydrogens is 214 g/mol. The SMILES string of the molecule is CNC(=O)c1ccc(N)cc1N(C)C1CCC1. The molecular formula is C13H19N3O. The van der Waals surface area contributed by atoms with Gasteiger partial charge in [0, 0.05) is 25.8 Å². The van der Waals surface area contributed by atoms with Gasteiger partial charge in [-0.15, -0.1) is 0 Å². The number of hydrogen-bond donors (Lipinski definition) is 2. The molecule has 2 rings (SSSR count). The van der Waals surface area contributed by atoms with Crippen LogP contribution in [0.2, 0.25) is 0 Å². The van der Waals surface area contributed by atoms with Crippen molar-refractivity contribution in [2.75, 3.05) is 24.7 Å². The van der Waals surface area contributed by atoms with Crippen LogP contribution in [0.1, 0.15) is 29.6 Å². The molecule has 4 nitrogen and oxygen atoms in total. The predicted molar refractivity (Wildman–Crippen MR) is 70.3 cm³/mol. The number of amides is 1. The van der Waals surface area contributed by atoms with E-state index in [0.717, 1.165) is 5.69 Å². The van der Waals surface area contributed by atoms with Crippen molar-refractivity contribution in [2.24, 2.45) is 0 Å². The summed E-state index contributed by atoms with van der Waals surface area (Å²) in [6.45, 7) is 0. The Morgan fingerprint density at radius 1 is 1.47 bits per heavy atom. The molecule has 1 aliphatic carbocycles. The van der Waals surface area contributed by atoms with Crippen molar-refractivity contribution in [3.05, 3.63) is 23.8 Å². The highest BCUT2D eigenvalue weighted by Gasteiger charge is 2.25. The Balaban J connectivity index is 2.35. The lowest BCUT2D eigenvalue weighted by molar-refractivity contribution is 0.0963. The predicted octanol–water partition coefficient (Wildman–Crippen LogP) is 1.62. The van der Waals surface area contributed by atoms with Crippen LogP contribution in [0, 0.1) is 0 Å². The Hall–Kier alpha value is -1.71. The maximum atomic E-state index is 11.8. The third-order valence-corrected chi connectivity index (χ3v) is 3.50. The molecule has 0 atom stereocenters. The van der Waals surface area contributed by atoms with Crippen LogP contribution in [-0.2, 0) is 0 Å². The molecule has 1 fully saturated rings. The van der Waals surface area contributed by atoms with E-state index in [-0.39, 0.29) is 5.91 Å². The second-order valence-electron chi connectivity index (χ2n) is 4.55. The third-order valence-electron chi connectivity index (χ3n) is 3.50. The fourth-order valence-electron chi connectivity index (χ4n) is 2.14. The number of nitrogens with two attached hydrogens (primary N) is 1. The number of nitrogens with zero attached hydrogens (tertiary/aromatic N) is 1. The Morgan fingerprint density at radius 3 is 2.71 bits per heavy atom. The molecule has 1 aromatic rings. The second kappa shape index (κ2) is 4.65. The Morgan fingerprint density at radius 2 is 2.18 bits per heavy atom. The molecule has 1 saturated carbocycles. The molecule has 1 aliphatic rings. The minimum absolute atomic E-state index is 0.0637. The van der Waals surface area contributed by atoms with E-state index in [0.29, 0.717) is 17.3 Å². The van der Waals surface area contributed by atoms with E-state index in [2.05, 4.69) is 10.2 Å². The number of carbonyl (C=O) groups excluding carboxylic acids is 1. The lowest BCUT2D eigenvalue weighted by atomic mass is 9.91. The summed E-state index contributed by atoms with van der Waals surface area (Å²) in [4.78, 5) is 14.0. The van der Waals surface area contributed by atoms with E-state index in [9.17, 15) is 4.79 Å². The van der Waals surface area contributed by atoms with Gasteiger partial charge in [0.25, 0.3) is 5.91 Å².